The molecule has 0 aliphatic carbocycles. The molecule has 3 rings (SSSR count). The van der Waals surface area contributed by atoms with Crippen LogP contribution in [0.2, 0.25) is 0 Å². The summed E-state index contributed by atoms with van der Waals surface area (Å²) in [6.07, 6.45) is -6.80. The summed E-state index contributed by atoms with van der Waals surface area (Å²) in [6.45, 7) is 6.44. The van der Waals surface area contributed by atoms with Crippen molar-refractivity contribution in [1.29, 1.82) is 0 Å². The minimum atomic E-state index is -4.48. The molecule has 1 N–H and O–H groups in total. The van der Waals surface area contributed by atoms with Crippen molar-refractivity contribution in [3.05, 3.63) is 0 Å². The van der Waals surface area contributed by atoms with Crippen LogP contribution in [0.1, 0.15) is 20.3 Å². The number of fused-ring (bicyclic) bond motifs is 1. The Balaban J connectivity index is 1.73. The second kappa shape index (κ2) is 4.84. The molecule has 1 amide bonds. The average molecular weight is 306 g/mol. The fourth-order valence-electron chi connectivity index (χ4n) is 3.98. The lowest BCUT2D eigenvalue weighted by molar-refractivity contribution is -0.224. The van der Waals surface area contributed by atoms with Gasteiger partial charge in [0, 0.05) is 31.6 Å². The maximum absolute atomic E-state index is 13.0. The number of alkyl halides is 3. The van der Waals surface area contributed by atoms with Crippen LogP contribution in [0.3, 0.4) is 0 Å². The molecule has 0 aromatic rings. The molecular weight excluding hydrogens is 285 g/mol. The highest BCUT2D eigenvalue weighted by Gasteiger charge is 2.56. The molecule has 0 bridgehead atoms. The molecule has 3 saturated heterocycles. The van der Waals surface area contributed by atoms with Crippen LogP contribution < -0.4 is 5.32 Å². The van der Waals surface area contributed by atoms with Crippen molar-refractivity contribution in [3.63, 3.8) is 0 Å². The van der Waals surface area contributed by atoms with E-state index < -0.39 is 30.2 Å². The molecule has 3 heterocycles. The minimum Gasteiger partial charge on any atom is -0.365 e. The maximum atomic E-state index is 13.0. The van der Waals surface area contributed by atoms with Crippen molar-refractivity contribution in [2.75, 3.05) is 26.2 Å². The van der Waals surface area contributed by atoms with Crippen LogP contribution in [-0.4, -0.2) is 55.4 Å². The molecule has 3 fully saturated rings. The summed E-state index contributed by atoms with van der Waals surface area (Å²) in [5.41, 5.74) is -0.00549. The molecule has 3 aliphatic rings. The number of amides is 1. The summed E-state index contributed by atoms with van der Waals surface area (Å²) in [6, 6.07) is 0. The number of carbonyl (C=O) groups is 1. The number of halogens is 3. The van der Waals surface area contributed by atoms with Gasteiger partial charge in [0.25, 0.3) is 0 Å². The van der Waals surface area contributed by atoms with Crippen LogP contribution in [0.25, 0.3) is 0 Å². The average Bonchev–Trinajstić information content (AvgIpc) is 2.98. The summed E-state index contributed by atoms with van der Waals surface area (Å²) in [4.78, 5) is 14.2. The third kappa shape index (κ3) is 2.54. The van der Waals surface area contributed by atoms with Crippen molar-refractivity contribution in [2.24, 2.45) is 17.3 Å². The summed E-state index contributed by atoms with van der Waals surface area (Å²) < 4.78 is 44.0. The SMILES string of the molecule is CC1CC(C(=O)N2C[C@@H]3CNC[C@]3(C)C2)C(C(F)(F)F)O1. The van der Waals surface area contributed by atoms with Gasteiger partial charge in [-0.05, 0) is 19.3 Å². The summed E-state index contributed by atoms with van der Waals surface area (Å²) in [5, 5.41) is 3.29. The minimum absolute atomic E-state index is 0.00549. The lowest BCUT2D eigenvalue weighted by atomic mass is 9.83. The summed E-state index contributed by atoms with van der Waals surface area (Å²) >= 11 is 0. The molecule has 7 heteroatoms. The van der Waals surface area contributed by atoms with E-state index in [1.165, 1.54) is 0 Å². The first-order valence-corrected chi connectivity index (χ1v) is 7.42. The van der Waals surface area contributed by atoms with Crippen LogP contribution in [0.15, 0.2) is 0 Å². The number of ether oxygens (including phenoxy) is 1. The number of hydrogen-bond donors (Lipinski definition) is 1. The number of carbonyl (C=O) groups excluding carboxylic acids is 1. The van der Waals surface area contributed by atoms with Gasteiger partial charge in [0.2, 0.25) is 5.91 Å². The smallest absolute Gasteiger partial charge is 0.365 e. The quantitative estimate of drug-likeness (QED) is 0.796. The fraction of sp³-hybridized carbons (Fsp3) is 0.929. The van der Waals surface area contributed by atoms with Gasteiger partial charge in [0.05, 0.1) is 12.0 Å². The Hall–Kier alpha value is -0.820. The Morgan fingerprint density at radius 2 is 2.14 bits per heavy atom. The second-order valence-corrected chi connectivity index (χ2v) is 6.95. The van der Waals surface area contributed by atoms with E-state index in [-0.39, 0.29) is 11.8 Å². The van der Waals surface area contributed by atoms with Crippen molar-refractivity contribution < 1.29 is 22.7 Å². The Labute approximate surface area is 122 Å². The molecule has 0 aromatic heterocycles. The van der Waals surface area contributed by atoms with Crippen LogP contribution >= 0.6 is 0 Å². The Bertz CT molecular complexity index is 442. The highest BCUT2D eigenvalue weighted by atomic mass is 19.4. The van der Waals surface area contributed by atoms with Crippen molar-refractivity contribution in [3.8, 4) is 0 Å². The van der Waals surface area contributed by atoms with Crippen molar-refractivity contribution in [2.45, 2.75) is 38.7 Å². The van der Waals surface area contributed by atoms with Gasteiger partial charge >= 0.3 is 6.18 Å². The van der Waals surface area contributed by atoms with E-state index in [9.17, 15) is 18.0 Å². The first-order valence-electron chi connectivity index (χ1n) is 7.42. The van der Waals surface area contributed by atoms with E-state index in [2.05, 4.69) is 12.2 Å². The van der Waals surface area contributed by atoms with Crippen LogP contribution in [0.4, 0.5) is 13.2 Å². The van der Waals surface area contributed by atoms with E-state index in [1.807, 2.05) is 0 Å². The van der Waals surface area contributed by atoms with E-state index >= 15 is 0 Å². The number of nitrogens with zero attached hydrogens (tertiary/aromatic N) is 1. The van der Waals surface area contributed by atoms with Crippen LogP contribution in [-0.2, 0) is 9.53 Å². The van der Waals surface area contributed by atoms with E-state index in [1.54, 1.807) is 11.8 Å². The summed E-state index contributed by atoms with van der Waals surface area (Å²) in [7, 11) is 0. The van der Waals surface area contributed by atoms with Crippen molar-refractivity contribution >= 4 is 5.91 Å². The first-order chi connectivity index (χ1) is 9.71. The predicted molar refractivity (Wildman–Crippen MR) is 69.5 cm³/mol. The molecule has 21 heavy (non-hydrogen) atoms. The molecule has 0 spiro atoms. The normalized spacial score (nSPS) is 43.4. The standard InChI is InChI=1S/C14H21F3N2O2/c1-8-3-10(11(21-8)14(15,16)17)12(20)19-5-9-4-18-6-13(9,2)7-19/h8-11,18H,3-7H2,1-2H3/t8?,9-,10?,11?,13+/m0/s1. The number of likely N-dealkylation sites (tertiary alicyclic amines) is 1. The number of rotatable bonds is 1. The second-order valence-electron chi connectivity index (χ2n) is 6.95. The van der Waals surface area contributed by atoms with Gasteiger partial charge in [0.1, 0.15) is 0 Å². The van der Waals surface area contributed by atoms with Gasteiger partial charge in [-0.1, -0.05) is 6.92 Å². The molecule has 0 saturated carbocycles. The number of hydrogen-bond acceptors (Lipinski definition) is 3. The van der Waals surface area contributed by atoms with Gasteiger partial charge in [0.15, 0.2) is 6.10 Å². The zero-order valence-corrected chi connectivity index (χ0v) is 12.2. The van der Waals surface area contributed by atoms with E-state index in [0.29, 0.717) is 19.0 Å². The third-order valence-corrected chi connectivity index (χ3v) is 5.18. The lowest BCUT2D eigenvalue weighted by Gasteiger charge is -2.27. The van der Waals surface area contributed by atoms with Crippen LogP contribution in [0, 0.1) is 17.3 Å². The van der Waals surface area contributed by atoms with Crippen molar-refractivity contribution in [1.82, 2.24) is 10.2 Å². The largest absolute Gasteiger partial charge is 0.415 e. The number of nitrogens with one attached hydrogen (secondary N) is 1. The monoisotopic (exact) mass is 306 g/mol. The maximum Gasteiger partial charge on any atom is 0.415 e. The highest BCUT2D eigenvalue weighted by molar-refractivity contribution is 5.80. The summed E-state index contributed by atoms with van der Waals surface area (Å²) in [5.74, 6) is -1.14. The molecule has 4 nitrogen and oxygen atoms in total. The molecule has 0 aromatic carbocycles. The molecule has 5 atom stereocenters. The highest BCUT2D eigenvalue weighted by Crippen LogP contribution is 2.42. The Morgan fingerprint density at radius 3 is 2.76 bits per heavy atom. The molecule has 3 aliphatic heterocycles. The molecular formula is C14H21F3N2O2. The Morgan fingerprint density at radius 1 is 1.43 bits per heavy atom. The first kappa shape index (κ1) is 15.1. The predicted octanol–water partition coefficient (Wildman–Crippen LogP) is 1.41. The van der Waals surface area contributed by atoms with Gasteiger partial charge < -0.3 is 15.0 Å². The lowest BCUT2D eigenvalue weighted by Crippen LogP contribution is -2.44. The van der Waals surface area contributed by atoms with Gasteiger partial charge in [-0.3, -0.25) is 4.79 Å². The molecule has 3 unspecified atom stereocenters. The van der Waals surface area contributed by atoms with Gasteiger partial charge in [-0.15, -0.1) is 0 Å². The topological polar surface area (TPSA) is 41.6 Å². The van der Waals surface area contributed by atoms with E-state index in [4.69, 9.17) is 4.74 Å². The Kier molecular flexibility index (Phi) is 3.48. The third-order valence-electron chi connectivity index (χ3n) is 5.18. The zero-order chi connectivity index (χ0) is 15.4. The molecule has 0 radical (unpaired) electrons. The van der Waals surface area contributed by atoms with Gasteiger partial charge in [-0.25, -0.2) is 0 Å². The zero-order valence-electron chi connectivity index (χ0n) is 12.2. The van der Waals surface area contributed by atoms with E-state index in [0.717, 1.165) is 13.1 Å². The molecule has 120 valence electrons. The van der Waals surface area contributed by atoms with Crippen LogP contribution in [0.5, 0.6) is 0 Å². The fourth-order valence-corrected chi connectivity index (χ4v) is 3.98. The van der Waals surface area contributed by atoms with Gasteiger partial charge in [-0.2, -0.15) is 13.2 Å².